The summed E-state index contributed by atoms with van der Waals surface area (Å²) >= 11 is 0. The van der Waals surface area contributed by atoms with Crippen LogP contribution in [0.5, 0.6) is 0 Å². The van der Waals surface area contributed by atoms with Crippen molar-refractivity contribution in [2.24, 2.45) is 0 Å². The van der Waals surface area contributed by atoms with Crippen LogP contribution in [0.1, 0.15) is 30.8 Å². The third kappa shape index (κ3) is 3.30. The highest BCUT2D eigenvalue weighted by Gasteiger charge is 2.23. The molecule has 2 amide bonds. The van der Waals surface area contributed by atoms with Crippen LogP contribution < -0.4 is 5.32 Å². The van der Waals surface area contributed by atoms with Crippen LogP contribution in [0.4, 0.5) is 4.79 Å². The molecular formula is C14H25N5O. The highest BCUT2D eigenvalue weighted by Crippen LogP contribution is 2.19. The fourth-order valence-corrected chi connectivity index (χ4v) is 2.58. The van der Waals surface area contributed by atoms with E-state index < -0.39 is 0 Å². The number of aryl methyl sites for hydroxylation is 1. The predicted octanol–water partition coefficient (Wildman–Crippen LogP) is 1.13. The molecule has 1 aliphatic heterocycles. The van der Waals surface area contributed by atoms with E-state index in [0.29, 0.717) is 13.1 Å². The van der Waals surface area contributed by atoms with E-state index >= 15 is 0 Å². The molecule has 0 spiro atoms. The van der Waals surface area contributed by atoms with E-state index in [1.807, 2.05) is 11.8 Å². The molecule has 0 radical (unpaired) electrons. The summed E-state index contributed by atoms with van der Waals surface area (Å²) in [5, 5.41) is 10.3. The molecule has 6 nitrogen and oxygen atoms in total. The maximum absolute atomic E-state index is 12.2. The van der Waals surface area contributed by atoms with Crippen LogP contribution in [0.3, 0.4) is 0 Å². The molecule has 2 rings (SSSR count). The monoisotopic (exact) mass is 279 g/mol. The first-order valence-electron chi connectivity index (χ1n) is 7.43. The maximum Gasteiger partial charge on any atom is 0.317 e. The van der Waals surface area contributed by atoms with E-state index in [-0.39, 0.29) is 6.03 Å². The van der Waals surface area contributed by atoms with Gasteiger partial charge in [-0.2, -0.15) is 5.10 Å². The van der Waals surface area contributed by atoms with Crippen molar-refractivity contribution < 1.29 is 4.79 Å². The van der Waals surface area contributed by atoms with Crippen molar-refractivity contribution in [1.82, 2.24) is 25.3 Å². The Morgan fingerprint density at radius 2 is 2.20 bits per heavy atom. The van der Waals surface area contributed by atoms with Gasteiger partial charge in [0.05, 0.1) is 12.2 Å². The minimum Gasteiger partial charge on any atom is -0.337 e. The van der Waals surface area contributed by atoms with Crippen molar-refractivity contribution in [3.63, 3.8) is 0 Å². The van der Waals surface area contributed by atoms with E-state index in [4.69, 9.17) is 0 Å². The fraction of sp³-hybridized carbons (Fsp3) is 0.714. The molecule has 1 aromatic heterocycles. The number of H-pyrrole nitrogens is 1. The van der Waals surface area contributed by atoms with Gasteiger partial charge in [0.1, 0.15) is 0 Å². The van der Waals surface area contributed by atoms with Crippen molar-refractivity contribution in [3.05, 3.63) is 17.0 Å². The highest BCUT2D eigenvalue weighted by molar-refractivity contribution is 5.74. The van der Waals surface area contributed by atoms with Gasteiger partial charge in [-0.25, -0.2) is 4.79 Å². The topological polar surface area (TPSA) is 64.3 Å². The van der Waals surface area contributed by atoms with Crippen molar-refractivity contribution in [2.75, 3.05) is 32.7 Å². The van der Waals surface area contributed by atoms with Gasteiger partial charge in [0.15, 0.2) is 0 Å². The van der Waals surface area contributed by atoms with Crippen LogP contribution in [-0.4, -0.2) is 58.8 Å². The zero-order valence-electron chi connectivity index (χ0n) is 12.7. The van der Waals surface area contributed by atoms with Crippen molar-refractivity contribution in [2.45, 2.75) is 33.7 Å². The standard InChI is InChI=1S/C14H25N5O/c1-4-18(5-2)9-7-15-14(20)19-8-6-13-12(10-19)11(3)16-17-13/h4-10H2,1-3H3,(H,15,20)(H,16,17). The molecule has 2 N–H and O–H groups in total. The lowest BCUT2D eigenvalue weighted by molar-refractivity contribution is 0.189. The number of carbonyl (C=O) groups excluding carboxylic acids is 1. The van der Waals surface area contributed by atoms with Gasteiger partial charge in [-0.15, -0.1) is 0 Å². The molecule has 20 heavy (non-hydrogen) atoms. The average molecular weight is 279 g/mol. The lowest BCUT2D eigenvalue weighted by Gasteiger charge is -2.27. The smallest absolute Gasteiger partial charge is 0.317 e. The number of nitrogens with one attached hydrogen (secondary N) is 2. The molecule has 1 aromatic rings. The van der Waals surface area contributed by atoms with E-state index in [1.165, 1.54) is 5.56 Å². The van der Waals surface area contributed by atoms with Gasteiger partial charge in [-0.1, -0.05) is 13.8 Å². The Balaban J connectivity index is 1.81. The number of aromatic nitrogens is 2. The number of carbonyl (C=O) groups is 1. The van der Waals surface area contributed by atoms with Crippen molar-refractivity contribution >= 4 is 6.03 Å². The summed E-state index contributed by atoms with van der Waals surface area (Å²) in [6.07, 6.45) is 0.836. The SMILES string of the molecule is CCN(CC)CCNC(=O)N1CCc2n[nH]c(C)c2C1. The van der Waals surface area contributed by atoms with E-state index in [9.17, 15) is 4.79 Å². The Kier molecular flexibility index (Phi) is 5.00. The van der Waals surface area contributed by atoms with Crippen LogP contribution in [-0.2, 0) is 13.0 Å². The average Bonchev–Trinajstić information content (AvgIpc) is 2.84. The summed E-state index contributed by atoms with van der Waals surface area (Å²) in [6, 6.07) is 0.0309. The summed E-state index contributed by atoms with van der Waals surface area (Å²) in [4.78, 5) is 16.3. The third-order valence-electron chi connectivity index (χ3n) is 4.01. The summed E-state index contributed by atoms with van der Waals surface area (Å²) in [7, 11) is 0. The molecule has 0 aliphatic carbocycles. The molecule has 0 fully saturated rings. The van der Waals surface area contributed by atoms with Gasteiger partial charge < -0.3 is 15.1 Å². The molecule has 1 aliphatic rings. The Hall–Kier alpha value is -1.56. The van der Waals surface area contributed by atoms with E-state index in [0.717, 1.165) is 44.0 Å². The lowest BCUT2D eigenvalue weighted by atomic mass is 10.1. The first kappa shape index (κ1) is 14.8. The molecule has 0 unspecified atom stereocenters. The number of amides is 2. The van der Waals surface area contributed by atoms with Crippen LogP contribution in [0, 0.1) is 6.92 Å². The first-order chi connectivity index (χ1) is 9.65. The number of urea groups is 1. The lowest BCUT2D eigenvalue weighted by Crippen LogP contribution is -2.45. The van der Waals surface area contributed by atoms with Crippen molar-refractivity contribution in [3.8, 4) is 0 Å². The molecule has 6 heteroatoms. The van der Waals surface area contributed by atoms with Gasteiger partial charge in [-0.05, 0) is 20.0 Å². The van der Waals surface area contributed by atoms with Gasteiger partial charge in [0.25, 0.3) is 0 Å². The zero-order valence-corrected chi connectivity index (χ0v) is 12.7. The second-order valence-corrected chi connectivity index (χ2v) is 5.20. The number of nitrogens with zero attached hydrogens (tertiary/aromatic N) is 3. The van der Waals surface area contributed by atoms with Crippen molar-refractivity contribution in [1.29, 1.82) is 0 Å². The van der Waals surface area contributed by atoms with Gasteiger partial charge >= 0.3 is 6.03 Å². The molecule has 0 atom stereocenters. The second kappa shape index (κ2) is 6.74. The quantitative estimate of drug-likeness (QED) is 0.849. The summed E-state index contributed by atoms with van der Waals surface area (Å²) in [5.41, 5.74) is 3.35. The number of hydrogen-bond acceptors (Lipinski definition) is 3. The molecule has 0 saturated heterocycles. The Bertz CT molecular complexity index is 452. The highest BCUT2D eigenvalue weighted by atomic mass is 16.2. The number of rotatable bonds is 5. The van der Waals surface area contributed by atoms with Gasteiger partial charge in [0, 0.05) is 37.3 Å². The molecule has 112 valence electrons. The number of fused-ring (bicyclic) bond motifs is 1. The van der Waals surface area contributed by atoms with Gasteiger partial charge in [0.2, 0.25) is 0 Å². The fourth-order valence-electron chi connectivity index (χ4n) is 2.58. The maximum atomic E-state index is 12.2. The molecule has 0 saturated carbocycles. The van der Waals surface area contributed by atoms with Crippen LogP contribution >= 0.6 is 0 Å². The summed E-state index contributed by atoms with van der Waals surface area (Å²) in [5.74, 6) is 0. The Labute approximate surface area is 120 Å². The summed E-state index contributed by atoms with van der Waals surface area (Å²) in [6.45, 7) is 11.3. The van der Waals surface area contributed by atoms with E-state index in [1.54, 1.807) is 0 Å². The molecule has 0 bridgehead atoms. The first-order valence-corrected chi connectivity index (χ1v) is 7.43. The Morgan fingerprint density at radius 1 is 1.45 bits per heavy atom. The normalized spacial score (nSPS) is 14.5. The van der Waals surface area contributed by atoms with E-state index in [2.05, 4.69) is 34.3 Å². The molecule has 2 heterocycles. The number of aromatic amines is 1. The zero-order chi connectivity index (χ0) is 14.5. The molecular weight excluding hydrogens is 254 g/mol. The Morgan fingerprint density at radius 3 is 2.90 bits per heavy atom. The third-order valence-corrected chi connectivity index (χ3v) is 4.01. The second-order valence-electron chi connectivity index (χ2n) is 5.20. The molecule has 0 aromatic carbocycles. The number of hydrogen-bond donors (Lipinski definition) is 2. The number of likely N-dealkylation sites (N-methyl/N-ethyl adjacent to an activating group) is 1. The van der Waals surface area contributed by atoms with Crippen LogP contribution in [0.15, 0.2) is 0 Å². The summed E-state index contributed by atoms with van der Waals surface area (Å²) < 4.78 is 0. The minimum atomic E-state index is 0.0309. The van der Waals surface area contributed by atoms with Gasteiger partial charge in [-0.3, -0.25) is 5.10 Å². The minimum absolute atomic E-state index is 0.0309. The predicted molar refractivity (Wildman–Crippen MR) is 78.6 cm³/mol. The largest absolute Gasteiger partial charge is 0.337 e. The van der Waals surface area contributed by atoms with Crippen LogP contribution in [0.2, 0.25) is 0 Å². The van der Waals surface area contributed by atoms with Crippen LogP contribution in [0.25, 0.3) is 0 Å².